The van der Waals surface area contributed by atoms with Crippen LogP contribution < -0.4 is 10.2 Å². The number of amides is 1. The van der Waals surface area contributed by atoms with Crippen molar-refractivity contribution in [1.82, 2.24) is 10.3 Å². The van der Waals surface area contributed by atoms with Crippen LogP contribution in [0, 0.1) is 5.82 Å². The average molecular weight is 267 g/mol. The number of nitrogens with one attached hydrogen (secondary N) is 1. The molecule has 6 nitrogen and oxygen atoms in total. The normalized spacial score (nSPS) is 18.4. The molecule has 0 aromatic carbocycles. The molecule has 1 unspecified atom stereocenters. The molecule has 1 aromatic rings. The van der Waals surface area contributed by atoms with Gasteiger partial charge >= 0.3 is 5.97 Å². The molecule has 19 heavy (non-hydrogen) atoms. The van der Waals surface area contributed by atoms with Crippen LogP contribution in [0.15, 0.2) is 12.3 Å². The number of hydrogen-bond donors (Lipinski definition) is 2. The SMILES string of the molecule is CC(=O)NC1CCN(c2nccc(C(=O)O)c2F)C1. The molecular weight excluding hydrogens is 253 g/mol. The van der Waals surface area contributed by atoms with E-state index in [0.29, 0.717) is 19.5 Å². The van der Waals surface area contributed by atoms with Gasteiger partial charge in [0.05, 0.1) is 0 Å². The Bertz CT molecular complexity index is 521. The summed E-state index contributed by atoms with van der Waals surface area (Å²) in [5.74, 6) is -2.27. The van der Waals surface area contributed by atoms with E-state index < -0.39 is 17.3 Å². The Morgan fingerprint density at radius 1 is 1.58 bits per heavy atom. The van der Waals surface area contributed by atoms with Gasteiger partial charge in [0, 0.05) is 32.3 Å². The second-order valence-electron chi connectivity index (χ2n) is 4.43. The fourth-order valence-electron chi connectivity index (χ4n) is 2.18. The van der Waals surface area contributed by atoms with Gasteiger partial charge in [0.15, 0.2) is 11.6 Å². The lowest BCUT2D eigenvalue weighted by Gasteiger charge is -2.18. The van der Waals surface area contributed by atoms with Gasteiger partial charge in [-0.05, 0) is 12.5 Å². The Morgan fingerprint density at radius 3 is 2.95 bits per heavy atom. The standard InChI is InChI=1S/C12H14FN3O3/c1-7(17)15-8-3-5-16(6-8)11-10(13)9(12(18)19)2-4-14-11/h2,4,8H,3,5-6H2,1H3,(H,15,17)(H,18,19). The molecule has 1 aliphatic rings. The molecule has 1 atom stereocenters. The summed E-state index contributed by atoms with van der Waals surface area (Å²) in [4.78, 5) is 27.3. The number of hydrogen-bond acceptors (Lipinski definition) is 4. The van der Waals surface area contributed by atoms with E-state index in [9.17, 15) is 14.0 Å². The number of rotatable bonds is 3. The van der Waals surface area contributed by atoms with Crippen LogP contribution in [-0.4, -0.2) is 41.1 Å². The van der Waals surface area contributed by atoms with Gasteiger partial charge in [-0.2, -0.15) is 0 Å². The Morgan fingerprint density at radius 2 is 2.32 bits per heavy atom. The van der Waals surface area contributed by atoms with Crippen LogP contribution in [0.3, 0.4) is 0 Å². The molecule has 1 aliphatic heterocycles. The molecule has 2 rings (SSSR count). The van der Waals surface area contributed by atoms with Crippen molar-refractivity contribution in [1.29, 1.82) is 0 Å². The molecule has 0 bridgehead atoms. The summed E-state index contributed by atoms with van der Waals surface area (Å²) in [6.45, 7) is 2.37. The van der Waals surface area contributed by atoms with Crippen molar-refractivity contribution in [2.75, 3.05) is 18.0 Å². The van der Waals surface area contributed by atoms with E-state index >= 15 is 0 Å². The van der Waals surface area contributed by atoms with Crippen molar-refractivity contribution >= 4 is 17.7 Å². The number of carboxylic acid groups (broad SMARTS) is 1. The summed E-state index contributed by atoms with van der Waals surface area (Å²) in [7, 11) is 0. The summed E-state index contributed by atoms with van der Waals surface area (Å²) < 4.78 is 14.0. The van der Waals surface area contributed by atoms with Crippen molar-refractivity contribution in [3.05, 3.63) is 23.6 Å². The second kappa shape index (κ2) is 5.21. The van der Waals surface area contributed by atoms with Gasteiger partial charge in [0.25, 0.3) is 0 Å². The third-order valence-corrected chi connectivity index (χ3v) is 3.00. The van der Waals surface area contributed by atoms with Gasteiger partial charge in [0.2, 0.25) is 5.91 Å². The topological polar surface area (TPSA) is 82.5 Å². The van der Waals surface area contributed by atoms with Crippen molar-refractivity contribution in [3.63, 3.8) is 0 Å². The van der Waals surface area contributed by atoms with E-state index in [-0.39, 0.29) is 17.8 Å². The molecule has 1 aromatic heterocycles. The minimum absolute atomic E-state index is 0.0211. The molecule has 7 heteroatoms. The molecule has 1 amide bonds. The lowest BCUT2D eigenvalue weighted by Crippen LogP contribution is -2.36. The predicted octanol–water partition coefficient (Wildman–Crippen LogP) is 0.634. The minimum atomic E-state index is -1.32. The molecule has 0 saturated carbocycles. The first kappa shape index (κ1) is 13.3. The fourth-order valence-corrected chi connectivity index (χ4v) is 2.18. The molecule has 2 N–H and O–H groups in total. The van der Waals surface area contributed by atoms with Crippen molar-refractivity contribution < 1.29 is 19.1 Å². The van der Waals surface area contributed by atoms with Gasteiger partial charge in [-0.1, -0.05) is 0 Å². The monoisotopic (exact) mass is 267 g/mol. The van der Waals surface area contributed by atoms with Gasteiger partial charge in [-0.3, -0.25) is 4.79 Å². The van der Waals surface area contributed by atoms with Crippen LogP contribution in [0.25, 0.3) is 0 Å². The third kappa shape index (κ3) is 2.81. The molecule has 0 radical (unpaired) electrons. The summed E-state index contributed by atoms with van der Waals surface area (Å²) >= 11 is 0. The predicted molar refractivity (Wildman–Crippen MR) is 65.6 cm³/mol. The van der Waals surface area contributed by atoms with Crippen molar-refractivity contribution in [2.45, 2.75) is 19.4 Å². The molecular formula is C12H14FN3O3. The van der Waals surface area contributed by atoms with Crippen LogP contribution in [0.5, 0.6) is 0 Å². The number of halogens is 1. The summed E-state index contributed by atoms with van der Waals surface area (Å²) in [6, 6.07) is 1.06. The molecule has 0 spiro atoms. The summed E-state index contributed by atoms with van der Waals surface area (Å²) in [5, 5.41) is 11.6. The van der Waals surface area contributed by atoms with E-state index in [1.54, 1.807) is 4.90 Å². The first-order chi connectivity index (χ1) is 8.99. The number of carbonyl (C=O) groups is 2. The number of nitrogens with zero attached hydrogens (tertiary/aromatic N) is 2. The lowest BCUT2D eigenvalue weighted by atomic mass is 10.2. The van der Waals surface area contributed by atoms with E-state index in [2.05, 4.69) is 10.3 Å². The number of pyridine rings is 1. The minimum Gasteiger partial charge on any atom is -0.478 e. The van der Waals surface area contributed by atoms with Gasteiger partial charge < -0.3 is 15.3 Å². The van der Waals surface area contributed by atoms with E-state index in [1.807, 2.05) is 0 Å². The van der Waals surface area contributed by atoms with Gasteiger partial charge in [0.1, 0.15) is 5.56 Å². The number of aromatic carboxylic acids is 1. The highest BCUT2D eigenvalue weighted by Gasteiger charge is 2.27. The third-order valence-electron chi connectivity index (χ3n) is 3.00. The summed E-state index contributed by atoms with van der Waals surface area (Å²) in [6.07, 6.45) is 1.95. The highest BCUT2D eigenvalue weighted by molar-refractivity contribution is 5.88. The maximum atomic E-state index is 14.0. The smallest absolute Gasteiger partial charge is 0.338 e. The molecule has 2 heterocycles. The zero-order valence-corrected chi connectivity index (χ0v) is 10.4. The van der Waals surface area contributed by atoms with Gasteiger partial charge in [-0.15, -0.1) is 0 Å². The molecule has 1 fully saturated rings. The zero-order chi connectivity index (χ0) is 14.0. The molecule has 102 valence electrons. The number of anilines is 1. The first-order valence-electron chi connectivity index (χ1n) is 5.89. The van der Waals surface area contributed by atoms with Crippen LogP contribution in [0.4, 0.5) is 10.2 Å². The number of aromatic nitrogens is 1. The second-order valence-corrected chi connectivity index (χ2v) is 4.43. The highest BCUT2D eigenvalue weighted by Crippen LogP contribution is 2.23. The van der Waals surface area contributed by atoms with Crippen LogP contribution in [0.2, 0.25) is 0 Å². The maximum Gasteiger partial charge on any atom is 0.338 e. The Labute approximate surface area is 109 Å². The highest BCUT2D eigenvalue weighted by atomic mass is 19.1. The fraction of sp³-hybridized carbons (Fsp3) is 0.417. The number of carbonyl (C=O) groups excluding carboxylic acids is 1. The van der Waals surface area contributed by atoms with Crippen molar-refractivity contribution in [2.24, 2.45) is 0 Å². The van der Waals surface area contributed by atoms with Crippen LogP contribution in [-0.2, 0) is 4.79 Å². The maximum absolute atomic E-state index is 14.0. The average Bonchev–Trinajstić information content (AvgIpc) is 2.76. The number of carboxylic acids is 1. The van der Waals surface area contributed by atoms with Crippen LogP contribution in [0.1, 0.15) is 23.7 Å². The van der Waals surface area contributed by atoms with E-state index in [4.69, 9.17) is 5.11 Å². The Kier molecular flexibility index (Phi) is 3.64. The van der Waals surface area contributed by atoms with E-state index in [0.717, 1.165) is 6.07 Å². The largest absolute Gasteiger partial charge is 0.478 e. The Hall–Kier alpha value is -2.18. The van der Waals surface area contributed by atoms with E-state index in [1.165, 1.54) is 13.1 Å². The first-order valence-corrected chi connectivity index (χ1v) is 5.89. The zero-order valence-electron chi connectivity index (χ0n) is 10.4. The quantitative estimate of drug-likeness (QED) is 0.839. The van der Waals surface area contributed by atoms with Crippen molar-refractivity contribution in [3.8, 4) is 0 Å². The van der Waals surface area contributed by atoms with Crippen LogP contribution >= 0.6 is 0 Å². The molecule has 1 saturated heterocycles. The van der Waals surface area contributed by atoms with Gasteiger partial charge in [-0.25, -0.2) is 14.2 Å². The Balaban J connectivity index is 2.18. The lowest BCUT2D eigenvalue weighted by molar-refractivity contribution is -0.119. The summed E-state index contributed by atoms with van der Waals surface area (Å²) in [5.41, 5.74) is -0.395. The molecule has 0 aliphatic carbocycles.